The summed E-state index contributed by atoms with van der Waals surface area (Å²) >= 11 is 0. The first-order valence-corrected chi connectivity index (χ1v) is 7.49. The summed E-state index contributed by atoms with van der Waals surface area (Å²) in [6.45, 7) is 17.5. The first-order chi connectivity index (χ1) is 8.06. The van der Waals surface area contributed by atoms with E-state index in [9.17, 15) is 0 Å². The van der Waals surface area contributed by atoms with Gasteiger partial charge in [-0.05, 0) is 50.9 Å². The van der Waals surface area contributed by atoms with Crippen molar-refractivity contribution in [1.82, 2.24) is 10.2 Å². The van der Waals surface area contributed by atoms with Crippen LogP contribution in [0.15, 0.2) is 0 Å². The van der Waals surface area contributed by atoms with Gasteiger partial charge in [-0.1, -0.05) is 41.0 Å². The smallest absolute Gasteiger partial charge is 0.000427 e. The minimum atomic E-state index is 0.775. The van der Waals surface area contributed by atoms with Crippen molar-refractivity contribution >= 4 is 0 Å². The number of unbranched alkanes of at least 4 members (excludes halogenated alkanes) is 2. The number of hydrogen-bond acceptors (Lipinski definition) is 2. The van der Waals surface area contributed by atoms with Crippen LogP contribution in [0.4, 0.5) is 0 Å². The van der Waals surface area contributed by atoms with Gasteiger partial charge in [-0.2, -0.15) is 0 Å². The van der Waals surface area contributed by atoms with Crippen LogP contribution in [0.2, 0.25) is 0 Å². The summed E-state index contributed by atoms with van der Waals surface area (Å²) in [7, 11) is 0. The van der Waals surface area contributed by atoms with Gasteiger partial charge in [0.25, 0.3) is 0 Å². The van der Waals surface area contributed by atoms with Crippen LogP contribution in [-0.4, -0.2) is 37.6 Å². The molecule has 2 heteroatoms. The molecule has 0 aliphatic rings. The normalized spacial score (nSPS) is 12.0. The molecule has 2 nitrogen and oxygen atoms in total. The van der Waals surface area contributed by atoms with Crippen molar-refractivity contribution in [2.75, 3.05) is 32.7 Å². The summed E-state index contributed by atoms with van der Waals surface area (Å²) in [5.41, 5.74) is 0. The Kier molecular flexibility index (Phi) is 11.0. The fourth-order valence-corrected chi connectivity index (χ4v) is 2.05. The number of hydrogen-bond donors (Lipinski definition) is 1. The van der Waals surface area contributed by atoms with Crippen molar-refractivity contribution in [1.29, 1.82) is 0 Å². The Labute approximate surface area is 109 Å². The van der Waals surface area contributed by atoms with Crippen molar-refractivity contribution in [3.8, 4) is 0 Å². The summed E-state index contributed by atoms with van der Waals surface area (Å²) in [6.07, 6.45) is 4.04. The van der Waals surface area contributed by atoms with Crippen LogP contribution in [0, 0.1) is 11.8 Å². The summed E-state index contributed by atoms with van der Waals surface area (Å²) < 4.78 is 0. The van der Waals surface area contributed by atoms with E-state index in [0.717, 1.165) is 18.4 Å². The lowest BCUT2D eigenvalue weighted by atomic mass is 10.1. The maximum atomic E-state index is 3.51. The maximum absolute atomic E-state index is 3.51. The molecule has 0 rings (SSSR count). The minimum Gasteiger partial charge on any atom is -0.316 e. The van der Waals surface area contributed by atoms with Gasteiger partial charge in [-0.25, -0.2) is 0 Å². The third-order valence-corrected chi connectivity index (χ3v) is 2.95. The monoisotopic (exact) mass is 242 g/mol. The molecule has 0 heterocycles. The molecule has 0 aromatic carbocycles. The molecular weight excluding hydrogens is 208 g/mol. The van der Waals surface area contributed by atoms with E-state index in [0.29, 0.717) is 0 Å². The van der Waals surface area contributed by atoms with Gasteiger partial charge < -0.3 is 10.2 Å². The molecule has 0 saturated heterocycles. The molecule has 0 radical (unpaired) electrons. The second-order valence-electron chi connectivity index (χ2n) is 5.95. The second-order valence-corrected chi connectivity index (χ2v) is 5.95. The first-order valence-electron chi connectivity index (χ1n) is 7.49. The topological polar surface area (TPSA) is 15.3 Å². The molecule has 0 atom stereocenters. The van der Waals surface area contributed by atoms with Crippen LogP contribution >= 0.6 is 0 Å². The van der Waals surface area contributed by atoms with Gasteiger partial charge >= 0.3 is 0 Å². The first kappa shape index (κ1) is 16.9. The van der Waals surface area contributed by atoms with Gasteiger partial charge in [0.05, 0.1) is 0 Å². The van der Waals surface area contributed by atoms with E-state index in [2.05, 4.69) is 44.8 Å². The fourth-order valence-electron chi connectivity index (χ4n) is 2.05. The lowest BCUT2D eigenvalue weighted by molar-refractivity contribution is 0.250. The molecule has 0 aromatic heterocycles. The van der Waals surface area contributed by atoms with Crippen LogP contribution in [0.1, 0.15) is 53.9 Å². The van der Waals surface area contributed by atoms with Gasteiger partial charge in [0.1, 0.15) is 0 Å². The van der Waals surface area contributed by atoms with E-state index in [1.807, 2.05) is 0 Å². The second kappa shape index (κ2) is 11.0. The Morgan fingerprint density at radius 1 is 0.941 bits per heavy atom. The average molecular weight is 242 g/mol. The Morgan fingerprint density at radius 2 is 1.65 bits per heavy atom. The van der Waals surface area contributed by atoms with Crippen LogP contribution in [-0.2, 0) is 0 Å². The third kappa shape index (κ3) is 12.2. The van der Waals surface area contributed by atoms with Crippen molar-refractivity contribution in [3.63, 3.8) is 0 Å². The Hall–Kier alpha value is -0.0800. The highest BCUT2D eigenvalue weighted by Gasteiger charge is 2.04. The molecule has 0 saturated carbocycles. The molecule has 17 heavy (non-hydrogen) atoms. The molecule has 0 fully saturated rings. The van der Waals surface area contributed by atoms with E-state index in [1.54, 1.807) is 0 Å². The van der Waals surface area contributed by atoms with Gasteiger partial charge in [-0.15, -0.1) is 0 Å². The molecule has 0 spiro atoms. The molecule has 0 unspecified atom stereocenters. The zero-order chi connectivity index (χ0) is 13.1. The molecule has 0 aliphatic heterocycles. The summed E-state index contributed by atoms with van der Waals surface area (Å²) in [4.78, 5) is 2.58. The van der Waals surface area contributed by atoms with Crippen molar-refractivity contribution < 1.29 is 0 Å². The van der Waals surface area contributed by atoms with Gasteiger partial charge in [0, 0.05) is 6.54 Å². The Bertz CT molecular complexity index is 155. The third-order valence-electron chi connectivity index (χ3n) is 2.95. The lowest BCUT2D eigenvalue weighted by Crippen LogP contribution is -2.28. The lowest BCUT2D eigenvalue weighted by Gasteiger charge is -2.22. The number of nitrogens with one attached hydrogen (secondary N) is 1. The maximum Gasteiger partial charge on any atom is 0.000427 e. The van der Waals surface area contributed by atoms with E-state index in [-0.39, 0.29) is 0 Å². The molecule has 0 aliphatic carbocycles. The minimum absolute atomic E-state index is 0.775. The zero-order valence-corrected chi connectivity index (χ0v) is 12.8. The molecule has 0 aromatic rings. The summed E-state index contributed by atoms with van der Waals surface area (Å²) in [6, 6.07) is 0. The summed E-state index contributed by atoms with van der Waals surface area (Å²) in [5.74, 6) is 1.57. The molecule has 0 bridgehead atoms. The molecule has 104 valence electrons. The van der Waals surface area contributed by atoms with Crippen molar-refractivity contribution in [2.45, 2.75) is 53.9 Å². The van der Waals surface area contributed by atoms with Crippen LogP contribution in [0.5, 0.6) is 0 Å². The number of rotatable bonds is 11. The fraction of sp³-hybridized carbons (Fsp3) is 1.00. The highest BCUT2D eigenvalue weighted by Crippen LogP contribution is 2.02. The predicted octanol–water partition coefficient (Wildman–Crippen LogP) is 3.38. The molecule has 1 N–H and O–H groups in total. The standard InChI is InChI=1S/C15H34N2/c1-6-17(13-15(4)5)11-9-7-8-10-16-12-14(2)3/h14-16H,6-13H2,1-5H3. The highest BCUT2D eigenvalue weighted by molar-refractivity contribution is 4.59. The van der Waals surface area contributed by atoms with E-state index < -0.39 is 0 Å². The molecular formula is C15H34N2. The highest BCUT2D eigenvalue weighted by atomic mass is 15.1. The summed E-state index contributed by atoms with van der Waals surface area (Å²) in [5, 5.41) is 3.51. The Morgan fingerprint density at radius 3 is 2.18 bits per heavy atom. The SMILES string of the molecule is CCN(CCCCCNCC(C)C)CC(C)C. The van der Waals surface area contributed by atoms with Crippen molar-refractivity contribution in [3.05, 3.63) is 0 Å². The number of nitrogens with zero attached hydrogens (tertiary/aromatic N) is 1. The van der Waals surface area contributed by atoms with Crippen LogP contribution < -0.4 is 5.32 Å². The van der Waals surface area contributed by atoms with Crippen molar-refractivity contribution in [2.24, 2.45) is 11.8 Å². The average Bonchev–Trinajstić information content (AvgIpc) is 2.25. The van der Waals surface area contributed by atoms with Crippen LogP contribution in [0.3, 0.4) is 0 Å². The largest absolute Gasteiger partial charge is 0.316 e. The van der Waals surface area contributed by atoms with Crippen LogP contribution in [0.25, 0.3) is 0 Å². The predicted molar refractivity (Wildman–Crippen MR) is 78.5 cm³/mol. The zero-order valence-electron chi connectivity index (χ0n) is 12.8. The van der Waals surface area contributed by atoms with Gasteiger partial charge in [-0.3, -0.25) is 0 Å². The van der Waals surface area contributed by atoms with E-state index in [1.165, 1.54) is 45.4 Å². The van der Waals surface area contributed by atoms with E-state index in [4.69, 9.17) is 0 Å². The van der Waals surface area contributed by atoms with E-state index >= 15 is 0 Å². The molecule has 0 amide bonds. The quantitative estimate of drug-likeness (QED) is 0.559. The van der Waals surface area contributed by atoms with Gasteiger partial charge in [0.15, 0.2) is 0 Å². The van der Waals surface area contributed by atoms with Gasteiger partial charge in [0.2, 0.25) is 0 Å². The Balaban J connectivity index is 3.31.